The zero-order chi connectivity index (χ0) is 13.8. The standard InChI is InChI=1S/C15H21NO3/c1-11-9-16(8-7-14(11)17)10-13(15(18)19)12-5-3-2-4-6-12/h2-6,11,13-14,17H,7-10H2,1H3,(H,18,19). The van der Waals surface area contributed by atoms with E-state index in [-0.39, 0.29) is 12.0 Å². The number of aliphatic hydroxyl groups is 1. The van der Waals surface area contributed by atoms with Gasteiger partial charge in [0.2, 0.25) is 0 Å². The molecule has 1 aromatic carbocycles. The summed E-state index contributed by atoms with van der Waals surface area (Å²) in [5, 5.41) is 19.1. The number of benzene rings is 1. The Hall–Kier alpha value is -1.39. The molecule has 2 N–H and O–H groups in total. The second-order valence-corrected chi connectivity index (χ2v) is 5.39. The minimum Gasteiger partial charge on any atom is -0.481 e. The highest BCUT2D eigenvalue weighted by molar-refractivity contribution is 5.76. The molecule has 0 aromatic heterocycles. The van der Waals surface area contributed by atoms with E-state index in [1.165, 1.54) is 0 Å². The lowest BCUT2D eigenvalue weighted by molar-refractivity contribution is -0.139. The largest absolute Gasteiger partial charge is 0.481 e. The molecule has 1 aliphatic heterocycles. The molecule has 0 aliphatic carbocycles. The fraction of sp³-hybridized carbons (Fsp3) is 0.533. The highest BCUT2D eigenvalue weighted by atomic mass is 16.4. The lowest BCUT2D eigenvalue weighted by Gasteiger charge is -2.35. The summed E-state index contributed by atoms with van der Waals surface area (Å²) in [4.78, 5) is 13.6. The van der Waals surface area contributed by atoms with Crippen LogP contribution >= 0.6 is 0 Å². The van der Waals surface area contributed by atoms with Crippen molar-refractivity contribution in [3.8, 4) is 0 Å². The maximum Gasteiger partial charge on any atom is 0.312 e. The maximum atomic E-state index is 11.4. The van der Waals surface area contributed by atoms with Gasteiger partial charge in [0.1, 0.15) is 0 Å². The summed E-state index contributed by atoms with van der Waals surface area (Å²) in [6.45, 7) is 4.05. The molecule has 0 saturated carbocycles. The molecule has 104 valence electrons. The smallest absolute Gasteiger partial charge is 0.312 e. The minimum atomic E-state index is -0.787. The van der Waals surface area contributed by atoms with E-state index in [2.05, 4.69) is 4.90 Å². The molecular formula is C15H21NO3. The van der Waals surface area contributed by atoms with Crippen molar-refractivity contribution in [2.75, 3.05) is 19.6 Å². The van der Waals surface area contributed by atoms with Gasteiger partial charge in [0, 0.05) is 19.6 Å². The SMILES string of the molecule is CC1CN(CC(C(=O)O)c2ccccc2)CCC1O. The molecule has 1 heterocycles. The van der Waals surface area contributed by atoms with E-state index in [0.29, 0.717) is 6.54 Å². The fourth-order valence-electron chi connectivity index (χ4n) is 2.66. The van der Waals surface area contributed by atoms with Gasteiger partial charge >= 0.3 is 5.97 Å². The molecule has 3 unspecified atom stereocenters. The van der Waals surface area contributed by atoms with E-state index in [9.17, 15) is 15.0 Å². The van der Waals surface area contributed by atoms with Gasteiger partial charge in [-0.15, -0.1) is 0 Å². The van der Waals surface area contributed by atoms with Crippen molar-refractivity contribution in [2.45, 2.75) is 25.4 Å². The number of hydrogen-bond donors (Lipinski definition) is 2. The number of carbonyl (C=O) groups is 1. The first kappa shape index (κ1) is 14.0. The second-order valence-electron chi connectivity index (χ2n) is 5.39. The molecule has 0 radical (unpaired) electrons. The van der Waals surface area contributed by atoms with Gasteiger partial charge < -0.3 is 15.1 Å². The molecule has 0 spiro atoms. The Labute approximate surface area is 113 Å². The molecule has 0 amide bonds. The summed E-state index contributed by atoms with van der Waals surface area (Å²) in [5.74, 6) is -1.08. The van der Waals surface area contributed by atoms with Crippen molar-refractivity contribution in [3.63, 3.8) is 0 Å². The molecule has 3 atom stereocenters. The number of aliphatic carboxylic acids is 1. The average Bonchev–Trinajstić information content (AvgIpc) is 2.40. The number of carboxylic acid groups (broad SMARTS) is 1. The lowest BCUT2D eigenvalue weighted by atomic mass is 9.93. The number of carboxylic acids is 1. The monoisotopic (exact) mass is 263 g/mol. The third kappa shape index (κ3) is 3.55. The van der Waals surface area contributed by atoms with Crippen LogP contribution < -0.4 is 0 Å². The summed E-state index contributed by atoms with van der Waals surface area (Å²) in [6.07, 6.45) is 0.471. The number of aliphatic hydroxyl groups excluding tert-OH is 1. The van der Waals surface area contributed by atoms with E-state index in [4.69, 9.17) is 0 Å². The van der Waals surface area contributed by atoms with Crippen LogP contribution in [0.2, 0.25) is 0 Å². The first-order chi connectivity index (χ1) is 9.08. The molecule has 1 saturated heterocycles. The Morgan fingerprint density at radius 2 is 2.11 bits per heavy atom. The minimum absolute atomic E-state index is 0.207. The van der Waals surface area contributed by atoms with Crippen molar-refractivity contribution in [2.24, 2.45) is 5.92 Å². The van der Waals surface area contributed by atoms with E-state index in [1.807, 2.05) is 37.3 Å². The molecule has 1 aliphatic rings. The summed E-state index contributed by atoms with van der Waals surface area (Å²) < 4.78 is 0. The quantitative estimate of drug-likeness (QED) is 0.865. The Balaban J connectivity index is 2.04. The van der Waals surface area contributed by atoms with Gasteiger partial charge in [0.15, 0.2) is 0 Å². The molecule has 1 aromatic rings. The van der Waals surface area contributed by atoms with Gasteiger partial charge in [-0.05, 0) is 17.9 Å². The van der Waals surface area contributed by atoms with Gasteiger partial charge in [-0.3, -0.25) is 4.79 Å². The van der Waals surface area contributed by atoms with Crippen LogP contribution in [-0.4, -0.2) is 46.8 Å². The topological polar surface area (TPSA) is 60.8 Å². The second kappa shape index (κ2) is 6.17. The van der Waals surface area contributed by atoms with Crippen LogP contribution in [0.25, 0.3) is 0 Å². The van der Waals surface area contributed by atoms with Gasteiger partial charge in [-0.25, -0.2) is 0 Å². The van der Waals surface area contributed by atoms with Crippen molar-refractivity contribution in [3.05, 3.63) is 35.9 Å². The molecular weight excluding hydrogens is 242 g/mol. The Morgan fingerprint density at radius 1 is 1.42 bits per heavy atom. The molecule has 4 heteroatoms. The van der Waals surface area contributed by atoms with Gasteiger partial charge in [-0.1, -0.05) is 37.3 Å². The summed E-state index contributed by atoms with van der Waals surface area (Å²) in [7, 11) is 0. The zero-order valence-electron chi connectivity index (χ0n) is 11.2. The summed E-state index contributed by atoms with van der Waals surface area (Å²) in [6, 6.07) is 9.35. The van der Waals surface area contributed by atoms with Crippen LogP contribution in [0.15, 0.2) is 30.3 Å². The molecule has 4 nitrogen and oxygen atoms in total. The van der Waals surface area contributed by atoms with Crippen LogP contribution in [0.5, 0.6) is 0 Å². The van der Waals surface area contributed by atoms with Crippen LogP contribution in [-0.2, 0) is 4.79 Å². The summed E-state index contributed by atoms with van der Waals surface area (Å²) >= 11 is 0. The number of rotatable bonds is 4. The van der Waals surface area contributed by atoms with Crippen molar-refractivity contribution in [1.82, 2.24) is 4.90 Å². The first-order valence-corrected chi connectivity index (χ1v) is 6.76. The Bertz CT molecular complexity index is 421. The molecule has 19 heavy (non-hydrogen) atoms. The highest BCUT2D eigenvalue weighted by Gasteiger charge is 2.28. The van der Waals surface area contributed by atoms with Crippen LogP contribution in [0, 0.1) is 5.92 Å². The Morgan fingerprint density at radius 3 is 2.68 bits per heavy atom. The summed E-state index contributed by atoms with van der Waals surface area (Å²) in [5.41, 5.74) is 0.841. The third-order valence-corrected chi connectivity index (χ3v) is 3.88. The number of piperidine rings is 1. The highest BCUT2D eigenvalue weighted by Crippen LogP contribution is 2.22. The van der Waals surface area contributed by atoms with Crippen LogP contribution in [0.3, 0.4) is 0 Å². The maximum absolute atomic E-state index is 11.4. The Kier molecular flexibility index (Phi) is 4.56. The van der Waals surface area contributed by atoms with Crippen molar-refractivity contribution < 1.29 is 15.0 Å². The van der Waals surface area contributed by atoms with Gasteiger partial charge in [0.05, 0.1) is 12.0 Å². The van der Waals surface area contributed by atoms with E-state index in [0.717, 1.165) is 25.1 Å². The number of hydrogen-bond acceptors (Lipinski definition) is 3. The molecule has 2 rings (SSSR count). The van der Waals surface area contributed by atoms with Crippen LogP contribution in [0.4, 0.5) is 0 Å². The third-order valence-electron chi connectivity index (χ3n) is 3.88. The molecule has 1 fully saturated rings. The van der Waals surface area contributed by atoms with Gasteiger partial charge in [-0.2, -0.15) is 0 Å². The lowest BCUT2D eigenvalue weighted by Crippen LogP contribution is -2.44. The first-order valence-electron chi connectivity index (χ1n) is 6.76. The van der Waals surface area contributed by atoms with Crippen molar-refractivity contribution in [1.29, 1.82) is 0 Å². The van der Waals surface area contributed by atoms with E-state index in [1.54, 1.807) is 0 Å². The predicted octanol–water partition coefficient (Wildman–Crippen LogP) is 1.56. The van der Waals surface area contributed by atoms with Crippen LogP contribution in [0.1, 0.15) is 24.8 Å². The number of likely N-dealkylation sites (tertiary alicyclic amines) is 1. The fourth-order valence-corrected chi connectivity index (χ4v) is 2.66. The predicted molar refractivity (Wildman–Crippen MR) is 73.0 cm³/mol. The zero-order valence-corrected chi connectivity index (χ0v) is 11.2. The van der Waals surface area contributed by atoms with Crippen molar-refractivity contribution >= 4 is 5.97 Å². The normalized spacial score (nSPS) is 26.0. The van der Waals surface area contributed by atoms with E-state index >= 15 is 0 Å². The van der Waals surface area contributed by atoms with E-state index < -0.39 is 11.9 Å². The van der Waals surface area contributed by atoms with Gasteiger partial charge in [0.25, 0.3) is 0 Å². The number of nitrogens with zero attached hydrogens (tertiary/aromatic N) is 1. The average molecular weight is 263 g/mol. The molecule has 0 bridgehead atoms.